The molecule has 3 rings (SSSR count). The smallest absolute Gasteiger partial charge is 0.264 e. The van der Waals surface area contributed by atoms with Crippen molar-refractivity contribution in [3.05, 3.63) is 56.9 Å². The fourth-order valence-corrected chi connectivity index (χ4v) is 2.44. The van der Waals surface area contributed by atoms with Gasteiger partial charge in [-0.1, -0.05) is 15.9 Å². The van der Waals surface area contributed by atoms with E-state index in [1.807, 2.05) is 0 Å². The predicted molar refractivity (Wildman–Crippen MR) is 76.0 cm³/mol. The second kappa shape index (κ2) is 4.82. The zero-order chi connectivity index (χ0) is 14.3. The third-order valence-corrected chi connectivity index (χ3v) is 3.56. The van der Waals surface area contributed by atoms with Crippen LogP contribution in [-0.4, -0.2) is 19.3 Å². The third kappa shape index (κ3) is 2.14. The summed E-state index contributed by atoms with van der Waals surface area (Å²) in [5, 5.41) is 4.42. The Hall–Kier alpha value is -2.02. The molecular formula is C13H10BrFN4O. The van der Waals surface area contributed by atoms with Gasteiger partial charge in [0.2, 0.25) is 0 Å². The zero-order valence-corrected chi connectivity index (χ0v) is 12.1. The van der Waals surface area contributed by atoms with Gasteiger partial charge in [-0.05, 0) is 18.2 Å². The van der Waals surface area contributed by atoms with Gasteiger partial charge < -0.3 is 0 Å². The van der Waals surface area contributed by atoms with Gasteiger partial charge in [0.25, 0.3) is 5.56 Å². The molecule has 0 radical (unpaired) electrons. The second-order valence-electron chi connectivity index (χ2n) is 4.42. The van der Waals surface area contributed by atoms with Crippen LogP contribution < -0.4 is 5.56 Å². The standard InChI is InChI=1S/C13H10BrFN4O/c1-18-12-10(5-17-18)13(20)19(7-16-12)6-8-4-9(14)2-3-11(8)15/h2-5,7H,6H2,1H3. The predicted octanol–water partition coefficient (Wildman–Crippen LogP) is 2.08. The van der Waals surface area contributed by atoms with Gasteiger partial charge in [0.15, 0.2) is 5.65 Å². The Labute approximate surface area is 121 Å². The van der Waals surface area contributed by atoms with Crippen molar-refractivity contribution in [3.63, 3.8) is 0 Å². The maximum atomic E-state index is 13.7. The Kier molecular flexibility index (Phi) is 3.13. The molecule has 0 bridgehead atoms. The summed E-state index contributed by atoms with van der Waals surface area (Å²) in [4.78, 5) is 16.5. The van der Waals surface area contributed by atoms with Crippen LogP contribution in [0.15, 0.2) is 40.0 Å². The molecule has 0 fully saturated rings. The van der Waals surface area contributed by atoms with E-state index in [9.17, 15) is 9.18 Å². The first-order valence-corrected chi connectivity index (χ1v) is 6.66. The molecule has 0 aliphatic heterocycles. The number of rotatable bonds is 2. The molecule has 2 heterocycles. The van der Waals surface area contributed by atoms with Crippen molar-refractivity contribution >= 4 is 27.0 Å². The summed E-state index contributed by atoms with van der Waals surface area (Å²) in [5.41, 5.74) is 0.704. The average Bonchev–Trinajstić information content (AvgIpc) is 2.79. The second-order valence-corrected chi connectivity index (χ2v) is 5.33. The lowest BCUT2D eigenvalue weighted by Gasteiger charge is -2.07. The van der Waals surface area contributed by atoms with Crippen LogP contribution in [0.4, 0.5) is 4.39 Å². The summed E-state index contributed by atoms with van der Waals surface area (Å²) in [7, 11) is 1.72. The van der Waals surface area contributed by atoms with Crippen LogP contribution in [0.1, 0.15) is 5.56 Å². The van der Waals surface area contributed by atoms with Gasteiger partial charge in [0.05, 0.1) is 12.7 Å². The maximum absolute atomic E-state index is 13.7. The van der Waals surface area contributed by atoms with Crippen molar-refractivity contribution in [2.45, 2.75) is 6.54 Å². The number of hydrogen-bond donors (Lipinski definition) is 0. The fourth-order valence-electron chi connectivity index (χ4n) is 2.03. The lowest BCUT2D eigenvalue weighted by atomic mass is 10.2. The summed E-state index contributed by atoms with van der Waals surface area (Å²) in [6.07, 6.45) is 2.88. The molecule has 0 aliphatic carbocycles. The first-order chi connectivity index (χ1) is 9.56. The van der Waals surface area contributed by atoms with Gasteiger partial charge >= 0.3 is 0 Å². The highest BCUT2D eigenvalue weighted by molar-refractivity contribution is 9.10. The van der Waals surface area contributed by atoms with E-state index in [1.165, 1.54) is 27.8 Å². The van der Waals surface area contributed by atoms with E-state index < -0.39 is 0 Å². The van der Waals surface area contributed by atoms with Gasteiger partial charge in [-0.2, -0.15) is 5.10 Å². The number of aryl methyl sites for hydroxylation is 1. The number of benzene rings is 1. The minimum Gasteiger partial charge on any atom is -0.294 e. The molecule has 3 aromatic rings. The molecule has 20 heavy (non-hydrogen) atoms. The molecule has 0 saturated carbocycles. The van der Waals surface area contributed by atoms with Crippen LogP contribution in [0.3, 0.4) is 0 Å². The summed E-state index contributed by atoms with van der Waals surface area (Å²) >= 11 is 3.29. The van der Waals surface area contributed by atoms with Gasteiger partial charge in [-0.25, -0.2) is 9.37 Å². The Bertz CT molecular complexity index is 855. The Balaban J connectivity index is 2.09. The van der Waals surface area contributed by atoms with E-state index in [0.717, 1.165) is 4.47 Å². The molecule has 0 atom stereocenters. The van der Waals surface area contributed by atoms with Crippen molar-refractivity contribution in [2.75, 3.05) is 0 Å². The minimum atomic E-state index is -0.355. The van der Waals surface area contributed by atoms with Crippen LogP contribution >= 0.6 is 15.9 Å². The van der Waals surface area contributed by atoms with E-state index in [0.29, 0.717) is 16.6 Å². The molecule has 2 aromatic heterocycles. The molecule has 5 nitrogen and oxygen atoms in total. The summed E-state index contributed by atoms with van der Waals surface area (Å²) < 4.78 is 17.4. The molecule has 102 valence electrons. The molecular weight excluding hydrogens is 327 g/mol. The molecule has 0 aliphatic rings. The maximum Gasteiger partial charge on any atom is 0.264 e. The van der Waals surface area contributed by atoms with Gasteiger partial charge in [0.1, 0.15) is 17.5 Å². The molecule has 0 unspecified atom stereocenters. The van der Waals surface area contributed by atoms with E-state index >= 15 is 0 Å². The number of aromatic nitrogens is 4. The quantitative estimate of drug-likeness (QED) is 0.720. The van der Waals surface area contributed by atoms with Crippen LogP contribution in [-0.2, 0) is 13.6 Å². The van der Waals surface area contributed by atoms with Crippen molar-refractivity contribution < 1.29 is 4.39 Å². The molecule has 0 spiro atoms. The van der Waals surface area contributed by atoms with Crippen LogP contribution in [0.5, 0.6) is 0 Å². The molecule has 7 heteroatoms. The fraction of sp³-hybridized carbons (Fsp3) is 0.154. The summed E-state index contributed by atoms with van der Waals surface area (Å²) in [6.45, 7) is 0.127. The van der Waals surface area contributed by atoms with Crippen molar-refractivity contribution in [3.8, 4) is 0 Å². The number of fused-ring (bicyclic) bond motifs is 1. The normalized spacial score (nSPS) is 11.2. The lowest BCUT2D eigenvalue weighted by molar-refractivity contribution is 0.594. The highest BCUT2D eigenvalue weighted by Crippen LogP contribution is 2.16. The first kappa shape index (κ1) is 13.0. The molecule has 1 aromatic carbocycles. The lowest BCUT2D eigenvalue weighted by Crippen LogP contribution is -2.21. The highest BCUT2D eigenvalue weighted by atomic mass is 79.9. The number of hydrogen-bond acceptors (Lipinski definition) is 3. The molecule has 0 N–H and O–H groups in total. The van der Waals surface area contributed by atoms with Crippen molar-refractivity contribution in [1.82, 2.24) is 19.3 Å². The largest absolute Gasteiger partial charge is 0.294 e. The topological polar surface area (TPSA) is 52.7 Å². The molecule has 0 amide bonds. The Morgan fingerprint density at radius 2 is 2.20 bits per heavy atom. The van der Waals surface area contributed by atoms with E-state index in [4.69, 9.17) is 0 Å². The monoisotopic (exact) mass is 336 g/mol. The van der Waals surface area contributed by atoms with Gasteiger partial charge in [-0.3, -0.25) is 14.0 Å². The zero-order valence-electron chi connectivity index (χ0n) is 10.5. The summed E-state index contributed by atoms with van der Waals surface area (Å²) in [6, 6.07) is 4.62. The van der Waals surface area contributed by atoms with E-state index in [1.54, 1.807) is 19.2 Å². The summed E-state index contributed by atoms with van der Waals surface area (Å²) in [5.74, 6) is -0.355. The van der Waals surface area contributed by atoms with Crippen LogP contribution in [0.2, 0.25) is 0 Å². The highest BCUT2D eigenvalue weighted by Gasteiger charge is 2.10. The first-order valence-electron chi connectivity index (χ1n) is 5.87. The Morgan fingerprint density at radius 3 is 3.00 bits per heavy atom. The Morgan fingerprint density at radius 1 is 1.40 bits per heavy atom. The SMILES string of the molecule is Cn1ncc2c(=O)n(Cc3cc(Br)ccc3F)cnc21. The van der Waals surface area contributed by atoms with E-state index in [-0.39, 0.29) is 17.9 Å². The third-order valence-electron chi connectivity index (χ3n) is 3.07. The number of halogens is 2. The van der Waals surface area contributed by atoms with Crippen LogP contribution in [0.25, 0.3) is 11.0 Å². The number of nitrogens with zero attached hydrogens (tertiary/aromatic N) is 4. The van der Waals surface area contributed by atoms with E-state index in [2.05, 4.69) is 26.0 Å². The van der Waals surface area contributed by atoms with Gasteiger partial charge in [-0.15, -0.1) is 0 Å². The van der Waals surface area contributed by atoms with Gasteiger partial charge in [0, 0.05) is 17.1 Å². The van der Waals surface area contributed by atoms with Crippen LogP contribution in [0, 0.1) is 5.82 Å². The molecule has 0 saturated heterocycles. The average molecular weight is 337 g/mol. The van der Waals surface area contributed by atoms with Crippen molar-refractivity contribution in [1.29, 1.82) is 0 Å². The van der Waals surface area contributed by atoms with Crippen molar-refractivity contribution in [2.24, 2.45) is 7.05 Å². The minimum absolute atomic E-state index is 0.127.